The Bertz CT molecular complexity index is 1360. The number of anilines is 2. The summed E-state index contributed by atoms with van der Waals surface area (Å²) in [5.41, 5.74) is -2.64. The molecule has 1 aliphatic heterocycles. The van der Waals surface area contributed by atoms with Crippen molar-refractivity contribution in [3.8, 4) is 5.75 Å². The lowest BCUT2D eigenvalue weighted by Gasteiger charge is -2.27. The van der Waals surface area contributed by atoms with Gasteiger partial charge in [-0.05, 0) is 62.8 Å². The molecule has 0 radical (unpaired) electrons. The summed E-state index contributed by atoms with van der Waals surface area (Å²) in [6.07, 6.45) is -8.02. The summed E-state index contributed by atoms with van der Waals surface area (Å²) in [5, 5.41) is -0.0556. The van der Waals surface area contributed by atoms with Gasteiger partial charge in [0, 0.05) is 18.9 Å². The Balaban J connectivity index is 2.15. The smallest absolute Gasteiger partial charge is 0.404 e. The van der Waals surface area contributed by atoms with E-state index in [1.165, 1.54) is 31.1 Å². The largest absolute Gasteiger partial charge is 0.573 e. The molecule has 1 aromatic carbocycles. The second-order valence-corrected chi connectivity index (χ2v) is 9.65. The normalized spacial score (nSPS) is 15.2. The first-order valence-electron chi connectivity index (χ1n) is 12.7. The average molecular weight is 620 g/mol. The highest BCUT2D eigenvalue weighted by molar-refractivity contribution is 6.23. The number of nitrogens with zero attached hydrogens (tertiary/aromatic N) is 5. The lowest BCUT2D eigenvalue weighted by Crippen LogP contribution is -2.44. The van der Waals surface area contributed by atoms with Crippen LogP contribution in [0.1, 0.15) is 33.3 Å². The van der Waals surface area contributed by atoms with Crippen molar-refractivity contribution >= 4 is 35.2 Å². The number of pyridine rings is 1. The lowest BCUT2D eigenvalue weighted by atomic mass is 10.0. The molecule has 1 fully saturated rings. The van der Waals surface area contributed by atoms with Crippen molar-refractivity contribution in [1.82, 2.24) is 14.8 Å². The van der Waals surface area contributed by atoms with E-state index in [4.69, 9.17) is 0 Å². The van der Waals surface area contributed by atoms with Crippen molar-refractivity contribution in [3.05, 3.63) is 48.3 Å². The molecule has 1 aromatic heterocycles. The minimum atomic E-state index is -5.55. The highest BCUT2D eigenvalue weighted by atomic mass is 19.4. The molecule has 0 saturated carbocycles. The second kappa shape index (κ2) is 12.4. The van der Waals surface area contributed by atoms with Gasteiger partial charge in [0.05, 0.1) is 17.9 Å². The molecule has 3 rings (SSSR count). The van der Waals surface area contributed by atoms with E-state index in [0.29, 0.717) is 28.7 Å². The maximum Gasteiger partial charge on any atom is 0.573 e. The molecule has 0 N–H and O–H groups in total. The number of rotatable bonds is 9. The van der Waals surface area contributed by atoms with Crippen molar-refractivity contribution in [2.75, 3.05) is 29.6 Å². The number of imide groups is 1. The Morgan fingerprint density at radius 1 is 0.977 bits per heavy atom. The van der Waals surface area contributed by atoms with Gasteiger partial charge in [-0.1, -0.05) is 13.8 Å². The molecule has 2 heterocycles. The second-order valence-electron chi connectivity index (χ2n) is 9.65. The van der Waals surface area contributed by atoms with E-state index in [-0.39, 0.29) is 24.7 Å². The van der Waals surface area contributed by atoms with Crippen molar-refractivity contribution < 1.29 is 55.1 Å². The van der Waals surface area contributed by atoms with Crippen LogP contribution in [0.25, 0.3) is 0 Å². The monoisotopic (exact) mass is 619 g/mol. The van der Waals surface area contributed by atoms with E-state index in [1.54, 1.807) is 26.0 Å². The van der Waals surface area contributed by atoms with Crippen LogP contribution >= 0.6 is 0 Å². The van der Waals surface area contributed by atoms with Gasteiger partial charge in [-0.15, -0.1) is 18.2 Å². The number of alkyl halides is 6. The van der Waals surface area contributed by atoms with Gasteiger partial charge in [0.25, 0.3) is 11.8 Å². The molecule has 17 heteroatoms. The van der Waals surface area contributed by atoms with Gasteiger partial charge >= 0.3 is 24.5 Å². The van der Waals surface area contributed by atoms with E-state index >= 15 is 0 Å². The molecule has 43 heavy (non-hydrogen) atoms. The van der Waals surface area contributed by atoms with E-state index in [1.807, 2.05) is 0 Å². The summed E-state index contributed by atoms with van der Waals surface area (Å²) in [7, 11) is 0. The predicted molar refractivity (Wildman–Crippen MR) is 137 cm³/mol. The number of ether oxygens (including phenoxy) is 1. The number of halogens is 6. The Kier molecular flexibility index (Phi) is 9.58. The van der Waals surface area contributed by atoms with Crippen LogP contribution in [-0.2, 0) is 25.8 Å². The van der Waals surface area contributed by atoms with Crippen LogP contribution < -0.4 is 14.7 Å². The van der Waals surface area contributed by atoms with Crippen LogP contribution in [0.3, 0.4) is 0 Å². The average Bonchev–Trinajstić information content (AvgIpc) is 3.08. The molecule has 1 aliphatic rings. The highest BCUT2D eigenvalue weighted by Crippen LogP contribution is 2.42. The van der Waals surface area contributed by atoms with E-state index < -0.39 is 65.6 Å². The molecule has 0 aliphatic carbocycles. The summed E-state index contributed by atoms with van der Waals surface area (Å²) in [5.74, 6) is -6.09. The molecular formula is C26H27F6N5O6. The van der Waals surface area contributed by atoms with Gasteiger partial charge in [0.15, 0.2) is 5.75 Å². The van der Waals surface area contributed by atoms with Gasteiger partial charge in [0.1, 0.15) is 5.54 Å². The molecule has 0 unspecified atom stereocenters. The van der Waals surface area contributed by atoms with Crippen molar-refractivity contribution in [2.45, 2.75) is 52.3 Å². The lowest BCUT2D eigenvalue weighted by molar-refractivity contribution is -0.274. The molecular weight excluding hydrogens is 592 g/mol. The third-order valence-corrected chi connectivity index (χ3v) is 6.44. The molecule has 0 spiro atoms. The van der Waals surface area contributed by atoms with Crippen molar-refractivity contribution in [2.24, 2.45) is 0 Å². The summed E-state index contributed by atoms with van der Waals surface area (Å²) < 4.78 is 83.3. The van der Waals surface area contributed by atoms with Crippen molar-refractivity contribution in [3.63, 3.8) is 0 Å². The Morgan fingerprint density at radius 3 is 2.12 bits per heavy atom. The third-order valence-electron chi connectivity index (χ3n) is 6.44. The van der Waals surface area contributed by atoms with Gasteiger partial charge in [-0.25, -0.2) is 14.5 Å². The van der Waals surface area contributed by atoms with Crippen LogP contribution in [0, 0.1) is 0 Å². The number of hydrogen-bond acceptors (Lipinski definition) is 8. The number of amides is 4. The fourth-order valence-corrected chi connectivity index (χ4v) is 4.09. The SMILES string of the molecule is CCN(CC)CC(=O)N(OC(=O)C(F)(F)F)c1ccc(OC(F)(F)F)c(N2C(=O)N(Cc3ccncc3)C(C)(C)C2=O)c1. The number of likely N-dealkylation sites (N-methyl/N-ethyl adjacent to an activating group) is 1. The fourth-order valence-electron chi connectivity index (χ4n) is 4.09. The number of hydrogen-bond donors (Lipinski definition) is 0. The Labute approximate surface area is 241 Å². The van der Waals surface area contributed by atoms with E-state index in [9.17, 15) is 45.5 Å². The molecule has 0 bridgehead atoms. The first-order chi connectivity index (χ1) is 19.9. The number of carbonyl (C=O) groups excluding carboxylic acids is 4. The van der Waals surface area contributed by atoms with Crippen LogP contribution in [0.4, 0.5) is 42.5 Å². The van der Waals surface area contributed by atoms with Crippen LogP contribution in [0.15, 0.2) is 42.7 Å². The van der Waals surface area contributed by atoms with Crippen LogP contribution in [-0.4, -0.2) is 76.3 Å². The molecule has 11 nitrogen and oxygen atoms in total. The molecule has 4 amide bonds. The summed E-state index contributed by atoms with van der Waals surface area (Å²) >= 11 is 0. The summed E-state index contributed by atoms with van der Waals surface area (Å²) in [6, 6.07) is 3.90. The first kappa shape index (κ1) is 33.1. The fraction of sp³-hybridized carbons (Fsp3) is 0.423. The number of urea groups is 1. The highest BCUT2D eigenvalue weighted by Gasteiger charge is 2.53. The molecule has 2 aromatic rings. The number of hydroxylamine groups is 1. The van der Waals surface area contributed by atoms with Gasteiger partial charge in [-0.2, -0.15) is 13.2 Å². The first-order valence-corrected chi connectivity index (χ1v) is 12.7. The number of benzene rings is 1. The topological polar surface area (TPSA) is 113 Å². The third kappa shape index (κ3) is 7.52. The summed E-state index contributed by atoms with van der Waals surface area (Å²) in [6.45, 7) is 5.80. The van der Waals surface area contributed by atoms with E-state index in [2.05, 4.69) is 14.6 Å². The zero-order valence-electron chi connectivity index (χ0n) is 23.3. The van der Waals surface area contributed by atoms with Crippen LogP contribution in [0.5, 0.6) is 5.75 Å². The quantitative estimate of drug-likeness (QED) is 0.230. The zero-order valence-corrected chi connectivity index (χ0v) is 23.3. The molecule has 1 saturated heterocycles. The minimum Gasteiger partial charge on any atom is -0.404 e. The standard InChI is InChI=1S/C26H27F6N5O6/c1-5-34(6-2)15-20(38)37(43-22(40)25(27,28)29)17-7-8-19(42-26(30,31)32)18(13-17)36-21(39)24(3,4)35(23(36)41)14-16-9-11-33-12-10-16/h7-13H,5-6,14-15H2,1-4H3. The predicted octanol–water partition coefficient (Wildman–Crippen LogP) is 4.42. The van der Waals surface area contributed by atoms with Gasteiger partial charge < -0.3 is 14.5 Å². The Hall–Kier alpha value is -4.41. The van der Waals surface area contributed by atoms with E-state index in [0.717, 1.165) is 4.90 Å². The van der Waals surface area contributed by atoms with Crippen molar-refractivity contribution in [1.29, 1.82) is 0 Å². The Morgan fingerprint density at radius 2 is 1.58 bits per heavy atom. The number of aromatic nitrogens is 1. The van der Waals surface area contributed by atoms with Gasteiger partial charge in [-0.3, -0.25) is 19.5 Å². The minimum absolute atomic E-state index is 0.0556. The zero-order chi connectivity index (χ0) is 32.3. The van der Waals surface area contributed by atoms with Gasteiger partial charge in [0.2, 0.25) is 0 Å². The molecule has 234 valence electrons. The number of carbonyl (C=O) groups is 4. The maximum absolute atomic E-state index is 13.6. The summed E-state index contributed by atoms with van der Waals surface area (Å²) in [4.78, 5) is 62.9. The molecule has 0 atom stereocenters. The maximum atomic E-state index is 13.6. The van der Waals surface area contributed by atoms with Crippen LogP contribution in [0.2, 0.25) is 0 Å².